The first-order chi connectivity index (χ1) is 9.76. The minimum absolute atomic E-state index is 0.788. The van der Waals surface area contributed by atoms with Crippen LogP contribution >= 0.6 is 15.9 Å². The van der Waals surface area contributed by atoms with Crippen molar-refractivity contribution < 1.29 is 4.74 Å². The summed E-state index contributed by atoms with van der Waals surface area (Å²) in [7, 11) is 1.70. The molecular formula is C17H18BrNO. The number of rotatable bonds is 4. The number of methoxy groups -OCH3 is 1. The topological polar surface area (TPSA) is 21.3 Å². The molecule has 2 nitrogen and oxygen atoms in total. The fraction of sp³-hybridized carbons (Fsp3) is 0.294. The second-order valence-corrected chi connectivity index (χ2v) is 6.00. The molecule has 1 aliphatic rings. The molecule has 0 aromatic heterocycles. The SMILES string of the molecule is COc1ccc(Br)c(CNc2ccc3c(c2)CCC3)c1. The molecule has 0 saturated heterocycles. The molecule has 1 N–H and O–H groups in total. The molecular weight excluding hydrogens is 314 g/mol. The first kappa shape index (κ1) is 13.5. The van der Waals surface area contributed by atoms with Crippen molar-refractivity contribution in [2.24, 2.45) is 0 Å². The van der Waals surface area contributed by atoms with Gasteiger partial charge in [0.1, 0.15) is 5.75 Å². The number of aryl methyl sites for hydroxylation is 2. The van der Waals surface area contributed by atoms with Crippen molar-refractivity contribution in [3.8, 4) is 5.75 Å². The van der Waals surface area contributed by atoms with E-state index in [4.69, 9.17) is 4.74 Å². The zero-order valence-electron chi connectivity index (χ0n) is 11.6. The maximum atomic E-state index is 5.27. The van der Waals surface area contributed by atoms with Gasteiger partial charge in [-0.2, -0.15) is 0 Å². The number of fused-ring (bicyclic) bond motifs is 1. The van der Waals surface area contributed by atoms with Gasteiger partial charge in [0.05, 0.1) is 7.11 Å². The number of halogens is 1. The molecule has 0 fully saturated rings. The lowest BCUT2D eigenvalue weighted by Crippen LogP contribution is -2.01. The van der Waals surface area contributed by atoms with Crippen LogP contribution in [-0.2, 0) is 19.4 Å². The Labute approximate surface area is 128 Å². The van der Waals surface area contributed by atoms with E-state index in [2.05, 4.69) is 45.5 Å². The van der Waals surface area contributed by atoms with Gasteiger partial charge in [-0.05, 0) is 66.3 Å². The third kappa shape index (κ3) is 2.83. The Hall–Kier alpha value is -1.48. The van der Waals surface area contributed by atoms with Gasteiger partial charge in [0.2, 0.25) is 0 Å². The van der Waals surface area contributed by atoms with Gasteiger partial charge in [-0.25, -0.2) is 0 Å². The highest BCUT2D eigenvalue weighted by Gasteiger charge is 2.10. The zero-order valence-corrected chi connectivity index (χ0v) is 13.2. The molecule has 20 heavy (non-hydrogen) atoms. The van der Waals surface area contributed by atoms with Crippen LogP contribution in [0.4, 0.5) is 5.69 Å². The maximum Gasteiger partial charge on any atom is 0.119 e. The van der Waals surface area contributed by atoms with Gasteiger partial charge in [0, 0.05) is 16.7 Å². The summed E-state index contributed by atoms with van der Waals surface area (Å²) in [6.07, 6.45) is 3.74. The number of benzene rings is 2. The molecule has 3 heteroatoms. The lowest BCUT2D eigenvalue weighted by atomic mass is 10.1. The smallest absolute Gasteiger partial charge is 0.119 e. The van der Waals surface area contributed by atoms with Gasteiger partial charge in [-0.3, -0.25) is 0 Å². The predicted octanol–water partition coefficient (Wildman–Crippen LogP) is 4.56. The van der Waals surface area contributed by atoms with Gasteiger partial charge in [0.15, 0.2) is 0 Å². The van der Waals surface area contributed by atoms with Crippen LogP contribution < -0.4 is 10.1 Å². The van der Waals surface area contributed by atoms with Crippen LogP contribution in [0, 0.1) is 0 Å². The molecule has 0 amide bonds. The molecule has 104 valence electrons. The quantitative estimate of drug-likeness (QED) is 0.886. The molecule has 1 aliphatic carbocycles. The van der Waals surface area contributed by atoms with Crippen LogP contribution in [-0.4, -0.2) is 7.11 Å². The Kier molecular flexibility index (Phi) is 3.97. The van der Waals surface area contributed by atoms with Crippen molar-refractivity contribution in [2.75, 3.05) is 12.4 Å². The van der Waals surface area contributed by atoms with E-state index in [0.29, 0.717) is 0 Å². The summed E-state index contributed by atoms with van der Waals surface area (Å²) in [6.45, 7) is 0.788. The third-order valence-corrected chi connectivity index (χ3v) is 4.61. The van der Waals surface area contributed by atoms with E-state index in [1.54, 1.807) is 7.11 Å². The summed E-state index contributed by atoms with van der Waals surface area (Å²) in [4.78, 5) is 0. The van der Waals surface area contributed by atoms with E-state index < -0.39 is 0 Å². The molecule has 3 rings (SSSR count). The molecule has 0 bridgehead atoms. The van der Waals surface area contributed by atoms with Crippen molar-refractivity contribution in [3.05, 3.63) is 57.6 Å². The van der Waals surface area contributed by atoms with Crippen LogP contribution in [0.25, 0.3) is 0 Å². The zero-order chi connectivity index (χ0) is 13.9. The standard InChI is InChI=1S/C17H18BrNO/c1-20-16-7-8-17(18)14(10-16)11-19-15-6-5-12-3-2-4-13(12)9-15/h5-10,19H,2-4,11H2,1H3. The molecule has 0 radical (unpaired) electrons. The number of anilines is 1. The highest BCUT2D eigenvalue weighted by molar-refractivity contribution is 9.10. The number of ether oxygens (including phenoxy) is 1. The van der Waals surface area contributed by atoms with Crippen molar-refractivity contribution in [3.63, 3.8) is 0 Å². The second-order valence-electron chi connectivity index (χ2n) is 5.15. The van der Waals surface area contributed by atoms with Crippen molar-refractivity contribution in [1.82, 2.24) is 0 Å². The summed E-state index contributed by atoms with van der Waals surface area (Å²) in [5, 5.41) is 3.50. The summed E-state index contributed by atoms with van der Waals surface area (Å²) in [5.41, 5.74) is 5.41. The van der Waals surface area contributed by atoms with E-state index in [9.17, 15) is 0 Å². The van der Waals surface area contributed by atoms with E-state index in [0.717, 1.165) is 16.8 Å². The minimum atomic E-state index is 0.788. The lowest BCUT2D eigenvalue weighted by molar-refractivity contribution is 0.414. The average molecular weight is 332 g/mol. The van der Waals surface area contributed by atoms with Crippen molar-refractivity contribution >= 4 is 21.6 Å². The fourth-order valence-electron chi connectivity index (χ4n) is 2.69. The number of hydrogen-bond donors (Lipinski definition) is 1. The average Bonchev–Trinajstić information content (AvgIpc) is 2.94. The highest BCUT2D eigenvalue weighted by atomic mass is 79.9. The van der Waals surface area contributed by atoms with Gasteiger partial charge < -0.3 is 10.1 Å². The predicted molar refractivity (Wildman–Crippen MR) is 86.5 cm³/mol. The first-order valence-corrected chi connectivity index (χ1v) is 7.73. The Morgan fingerprint density at radius 3 is 2.80 bits per heavy atom. The molecule has 0 aliphatic heterocycles. The molecule has 2 aromatic rings. The van der Waals surface area contributed by atoms with E-state index >= 15 is 0 Å². The lowest BCUT2D eigenvalue weighted by Gasteiger charge is -2.11. The minimum Gasteiger partial charge on any atom is -0.497 e. The molecule has 0 saturated carbocycles. The van der Waals surface area contributed by atoms with Gasteiger partial charge in [0.25, 0.3) is 0 Å². The normalized spacial score (nSPS) is 13.1. The summed E-state index contributed by atoms with van der Waals surface area (Å²) in [6, 6.07) is 12.8. The van der Waals surface area contributed by atoms with Crippen LogP contribution in [0.15, 0.2) is 40.9 Å². The molecule has 0 heterocycles. The van der Waals surface area contributed by atoms with Crippen LogP contribution in [0.2, 0.25) is 0 Å². The van der Waals surface area contributed by atoms with Crippen LogP contribution in [0.3, 0.4) is 0 Å². The molecule has 0 unspecified atom stereocenters. The van der Waals surface area contributed by atoms with E-state index in [1.165, 1.54) is 41.6 Å². The molecule has 2 aromatic carbocycles. The van der Waals surface area contributed by atoms with Crippen molar-refractivity contribution in [1.29, 1.82) is 0 Å². The first-order valence-electron chi connectivity index (χ1n) is 6.94. The Bertz CT molecular complexity index is 624. The van der Waals surface area contributed by atoms with E-state index in [1.807, 2.05) is 12.1 Å². The van der Waals surface area contributed by atoms with E-state index in [-0.39, 0.29) is 0 Å². The largest absolute Gasteiger partial charge is 0.497 e. The number of hydrogen-bond acceptors (Lipinski definition) is 2. The Morgan fingerprint density at radius 2 is 1.95 bits per heavy atom. The van der Waals surface area contributed by atoms with Crippen LogP contribution in [0.1, 0.15) is 23.1 Å². The third-order valence-electron chi connectivity index (χ3n) is 3.83. The van der Waals surface area contributed by atoms with Gasteiger partial charge in [-0.1, -0.05) is 22.0 Å². The second kappa shape index (κ2) is 5.88. The highest BCUT2D eigenvalue weighted by Crippen LogP contribution is 2.26. The summed E-state index contributed by atoms with van der Waals surface area (Å²) >= 11 is 3.59. The Balaban J connectivity index is 1.73. The molecule has 0 spiro atoms. The number of nitrogens with one attached hydrogen (secondary N) is 1. The molecule has 0 atom stereocenters. The Morgan fingerprint density at radius 1 is 1.10 bits per heavy atom. The van der Waals surface area contributed by atoms with Gasteiger partial charge in [-0.15, -0.1) is 0 Å². The monoisotopic (exact) mass is 331 g/mol. The summed E-state index contributed by atoms with van der Waals surface area (Å²) < 4.78 is 6.38. The van der Waals surface area contributed by atoms with Crippen LogP contribution in [0.5, 0.6) is 5.75 Å². The summed E-state index contributed by atoms with van der Waals surface area (Å²) in [5.74, 6) is 0.888. The van der Waals surface area contributed by atoms with Crippen molar-refractivity contribution in [2.45, 2.75) is 25.8 Å². The fourth-order valence-corrected chi connectivity index (χ4v) is 3.08. The van der Waals surface area contributed by atoms with Gasteiger partial charge >= 0.3 is 0 Å². The maximum absolute atomic E-state index is 5.27.